The molecule has 2 fully saturated rings. The lowest BCUT2D eigenvalue weighted by Crippen LogP contribution is -2.38. The first-order chi connectivity index (χ1) is 11.4. The summed E-state index contributed by atoms with van der Waals surface area (Å²) in [4.78, 5) is 52.0. The molecule has 0 spiro atoms. The van der Waals surface area contributed by atoms with Gasteiger partial charge in [0.25, 0.3) is 12.3 Å². The normalized spacial score (nSPS) is 26.8. The van der Waals surface area contributed by atoms with Gasteiger partial charge in [0.05, 0.1) is 17.9 Å². The fourth-order valence-electron chi connectivity index (χ4n) is 3.62. The molecule has 2 bridgehead atoms. The van der Waals surface area contributed by atoms with Crippen molar-refractivity contribution in [2.75, 3.05) is 7.11 Å². The maximum absolute atomic E-state index is 12.4. The lowest BCUT2D eigenvalue weighted by molar-refractivity contribution is -0.204. The highest BCUT2D eigenvalue weighted by Gasteiger charge is 2.63. The first-order valence-electron chi connectivity index (χ1n) is 8.51. The van der Waals surface area contributed by atoms with Crippen LogP contribution in [0, 0.1) is 10.8 Å². The monoisotopic (exact) mass is 341 g/mol. The molecule has 7 heteroatoms. The van der Waals surface area contributed by atoms with Crippen molar-refractivity contribution >= 4 is 24.3 Å². The van der Waals surface area contributed by atoms with Crippen molar-refractivity contribution in [2.24, 2.45) is 10.8 Å². The summed E-state index contributed by atoms with van der Waals surface area (Å²) >= 11 is 0. The van der Waals surface area contributed by atoms with Gasteiger partial charge in [-0.15, -0.1) is 5.06 Å². The zero-order chi connectivity index (χ0) is 18.4. The maximum atomic E-state index is 12.4. The summed E-state index contributed by atoms with van der Waals surface area (Å²) in [6.07, 6.45) is 3.41. The van der Waals surface area contributed by atoms with Gasteiger partial charge in [0, 0.05) is 6.42 Å². The number of esters is 1. The average Bonchev–Trinajstić information content (AvgIpc) is 3.19. The van der Waals surface area contributed by atoms with Crippen LogP contribution in [0.25, 0.3) is 0 Å². The van der Waals surface area contributed by atoms with Crippen molar-refractivity contribution in [2.45, 2.75) is 65.7 Å². The Morgan fingerprint density at radius 3 is 1.96 bits per heavy atom. The summed E-state index contributed by atoms with van der Waals surface area (Å²) < 4.78 is 4.84. The number of hydrogen-bond donors (Lipinski definition) is 0. The minimum Gasteiger partial charge on any atom is -0.469 e. The Morgan fingerprint density at radius 2 is 1.54 bits per heavy atom. The number of methoxy groups -OCH3 is 1. The molecule has 136 valence electrons. The Labute approximate surface area is 142 Å². The lowest BCUT2D eigenvalue weighted by Gasteiger charge is -2.26. The van der Waals surface area contributed by atoms with Gasteiger partial charge in [-0.3, -0.25) is 14.4 Å². The molecular weight excluding hydrogens is 314 g/mol. The largest absolute Gasteiger partial charge is 0.469 e. The van der Waals surface area contributed by atoms with E-state index in [1.54, 1.807) is 6.92 Å². The molecule has 0 atom stereocenters. The van der Waals surface area contributed by atoms with E-state index in [0.717, 1.165) is 0 Å². The van der Waals surface area contributed by atoms with Crippen LogP contribution < -0.4 is 0 Å². The SMILES string of the molecule is CC.CCCC(=O)N(C=O)OC(=O)C12CCC(C(=O)OC)(CC1)C2. The summed E-state index contributed by atoms with van der Waals surface area (Å²) in [5, 5.41) is 0.469. The molecule has 0 aliphatic heterocycles. The van der Waals surface area contributed by atoms with E-state index in [4.69, 9.17) is 9.57 Å². The molecule has 2 aliphatic rings. The summed E-state index contributed by atoms with van der Waals surface area (Å²) in [5.41, 5.74) is -1.41. The molecule has 0 N–H and O–H groups in total. The molecule has 7 nitrogen and oxygen atoms in total. The Bertz CT molecular complexity index is 493. The van der Waals surface area contributed by atoms with Gasteiger partial charge in [0.2, 0.25) is 0 Å². The molecule has 2 amide bonds. The average molecular weight is 341 g/mol. The van der Waals surface area contributed by atoms with Gasteiger partial charge in [-0.05, 0) is 38.5 Å². The number of amides is 2. The van der Waals surface area contributed by atoms with Crippen molar-refractivity contribution in [1.29, 1.82) is 0 Å². The van der Waals surface area contributed by atoms with Crippen molar-refractivity contribution in [3.05, 3.63) is 0 Å². The minimum absolute atomic E-state index is 0.130. The standard InChI is InChI=1S/C15H21NO6.C2H6/c1-3-4-11(18)16(10-17)22-13(20)15-7-5-14(9-15,6-8-15)12(19)21-2;1-2/h10H,3-9H2,1-2H3;1-2H3. The van der Waals surface area contributed by atoms with Crippen LogP contribution in [0.1, 0.15) is 65.7 Å². The summed E-state index contributed by atoms with van der Waals surface area (Å²) in [5.74, 6) is -1.45. The number of ether oxygens (including phenoxy) is 1. The molecule has 24 heavy (non-hydrogen) atoms. The minimum atomic E-state index is -0.790. The molecule has 2 aliphatic carbocycles. The lowest BCUT2D eigenvalue weighted by atomic mass is 9.82. The molecule has 0 aromatic carbocycles. The molecule has 0 unspecified atom stereocenters. The summed E-state index contributed by atoms with van der Waals surface area (Å²) in [7, 11) is 1.34. The highest BCUT2D eigenvalue weighted by molar-refractivity contribution is 5.89. The van der Waals surface area contributed by atoms with Crippen LogP contribution in [0.4, 0.5) is 0 Å². The molecule has 0 aromatic rings. The van der Waals surface area contributed by atoms with E-state index < -0.39 is 22.7 Å². The molecule has 0 heterocycles. The van der Waals surface area contributed by atoms with Gasteiger partial charge in [-0.25, -0.2) is 4.79 Å². The second kappa shape index (κ2) is 8.26. The Morgan fingerprint density at radius 1 is 1.04 bits per heavy atom. The third kappa shape index (κ3) is 3.60. The zero-order valence-electron chi connectivity index (χ0n) is 14.9. The predicted octanol–water partition coefficient (Wildman–Crippen LogP) is 2.38. The smallest absolute Gasteiger partial charge is 0.339 e. The number of carbonyl (C=O) groups excluding carboxylic acids is 4. The van der Waals surface area contributed by atoms with E-state index in [9.17, 15) is 19.2 Å². The van der Waals surface area contributed by atoms with Gasteiger partial charge >= 0.3 is 11.9 Å². The van der Waals surface area contributed by atoms with Gasteiger partial charge in [0.1, 0.15) is 0 Å². The van der Waals surface area contributed by atoms with Crippen LogP contribution in [-0.2, 0) is 28.8 Å². The first-order valence-corrected chi connectivity index (χ1v) is 8.51. The van der Waals surface area contributed by atoms with Gasteiger partial charge in [0.15, 0.2) is 0 Å². The van der Waals surface area contributed by atoms with E-state index in [1.165, 1.54) is 7.11 Å². The topological polar surface area (TPSA) is 90.0 Å². The van der Waals surface area contributed by atoms with Crippen LogP contribution in [0.5, 0.6) is 0 Å². The molecule has 0 radical (unpaired) electrons. The quantitative estimate of drug-likeness (QED) is 0.433. The zero-order valence-corrected chi connectivity index (χ0v) is 14.9. The van der Waals surface area contributed by atoms with Crippen LogP contribution in [0.15, 0.2) is 0 Å². The van der Waals surface area contributed by atoms with Crippen LogP contribution in [-0.4, -0.2) is 36.4 Å². The first kappa shape index (κ1) is 20.1. The number of imide groups is 1. The number of carbonyl (C=O) groups is 4. The second-order valence-electron chi connectivity index (χ2n) is 6.18. The number of fused-ring (bicyclic) bond motifs is 2. The summed E-state index contributed by atoms with van der Waals surface area (Å²) in [6, 6.07) is 0. The van der Waals surface area contributed by atoms with Crippen LogP contribution in [0.3, 0.4) is 0 Å². The van der Waals surface area contributed by atoms with Crippen molar-refractivity contribution in [3.8, 4) is 0 Å². The van der Waals surface area contributed by atoms with Crippen LogP contribution in [0.2, 0.25) is 0 Å². The third-order valence-corrected chi connectivity index (χ3v) is 4.88. The number of hydroxylamine groups is 2. The molecule has 0 aromatic heterocycles. The Kier molecular flexibility index (Phi) is 6.93. The molecule has 2 saturated carbocycles. The van der Waals surface area contributed by atoms with Gasteiger partial charge in [-0.2, -0.15) is 0 Å². The van der Waals surface area contributed by atoms with E-state index in [2.05, 4.69) is 0 Å². The molecular formula is C17H27NO6. The van der Waals surface area contributed by atoms with Crippen molar-refractivity contribution in [3.63, 3.8) is 0 Å². The van der Waals surface area contributed by atoms with E-state index in [0.29, 0.717) is 43.6 Å². The fourth-order valence-corrected chi connectivity index (χ4v) is 3.62. The number of hydrogen-bond acceptors (Lipinski definition) is 6. The Balaban J connectivity index is 0.00000139. The molecule has 0 saturated heterocycles. The Hall–Kier alpha value is -1.92. The van der Waals surface area contributed by atoms with Gasteiger partial charge in [-0.1, -0.05) is 20.8 Å². The maximum Gasteiger partial charge on any atom is 0.339 e. The second-order valence-corrected chi connectivity index (χ2v) is 6.18. The van der Waals surface area contributed by atoms with E-state index in [-0.39, 0.29) is 18.8 Å². The van der Waals surface area contributed by atoms with Gasteiger partial charge < -0.3 is 9.57 Å². The predicted molar refractivity (Wildman–Crippen MR) is 85.2 cm³/mol. The highest BCUT2D eigenvalue weighted by atomic mass is 16.7. The highest BCUT2D eigenvalue weighted by Crippen LogP contribution is 2.62. The number of nitrogens with zero attached hydrogens (tertiary/aromatic N) is 1. The van der Waals surface area contributed by atoms with Crippen molar-refractivity contribution < 1.29 is 28.8 Å². The molecule has 2 rings (SSSR count). The van der Waals surface area contributed by atoms with E-state index >= 15 is 0 Å². The summed E-state index contributed by atoms with van der Waals surface area (Å²) in [6.45, 7) is 5.79. The van der Waals surface area contributed by atoms with E-state index in [1.807, 2.05) is 13.8 Å². The van der Waals surface area contributed by atoms with Crippen LogP contribution >= 0.6 is 0 Å². The van der Waals surface area contributed by atoms with Crippen molar-refractivity contribution in [1.82, 2.24) is 5.06 Å². The fraction of sp³-hybridized carbons (Fsp3) is 0.765. The number of rotatable bonds is 5. The third-order valence-electron chi connectivity index (χ3n) is 4.88.